The smallest absolute Gasteiger partial charge is 0.188 e. The van der Waals surface area contributed by atoms with E-state index in [1.54, 1.807) is 0 Å². The van der Waals surface area contributed by atoms with Crippen molar-refractivity contribution in [3.63, 3.8) is 0 Å². The third-order valence-electron chi connectivity index (χ3n) is 5.25. The second-order valence-electron chi connectivity index (χ2n) is 7.09. The zero-order chi connectivity index (χ0) is 15.9. The predicted octanol–water partition coefficient (Wildman–Crippen LogP) is 1.50. The summed E-state index contributed by atoms with van der Waals surface area (Å²) < 4.78 is 0. The molecule has 2 saturated heterocycles. The molecule has 2 heterocycles. The Hall–Kier alpha value is -0.810. The van der Waals surface area contributed by atoms with E-state index >= 15 is 0 Å². The lowest BCUT2D eigenvalue weighted by atomic mass is 10.0. The lowest BCUT2D eigenvalue weighted by Crippen LogP contribution is -2.44. The molecule has 0 aromatic heterocycles. The topological polar surface area (TPSA) is 56.9 Å². The first kappa shape index (κ1) is 17.5. The number of hydrogen-bond acceptors (Lipinski definition) is 3. The van der Waals surface area contributed by atoms with Gasteiger partial charge >= 0.3 is 0 Å². The van der Waals surface area contributed by atoms with E-state index in [1.807, 2.05) is 0 Å². The number of rotatable bonds is 7. The van der Waals surface area contributed by atoms with Crippen LogP contribution in [0.25, 0.3) is 0 Å². The van der Waals surface area contributed by atoms with Crippen molar-refractivity contribution in [1.29, 1.82) is 0 Å². The van der Waals surface area contributed by atoms with E-state index in [9.17, 15) is 0 Å². The van der Waals surface area contributed by atoms with E-state index in [1.165, 1.54) is 45.3 Å². The third-order valence-corrected chi connectivity index (χ3v) is 5.25. The summed E-state index contributed by atoms with van der Waals surface area (Å²) in [5, 5.41) is 3.34. The van der Waals surface area contributed by atoms with E-state index in [-0.39, 0.29) is 0 Å². The van der Waals surface area contributed by atoms with Gasteiger partial charge in [-0.05, 0) is 57.8 Å². The Morgan fingerprint density at radius 2 is 1.95 bits per heavy atom. The molecule has 5 nitrogen and oxygen atoms in total. The maximum Gasteiger partial charge on any atom is 0.188 e. The Balaban J connectivity index is 1.77. The van der Waals surface area contributed by atoms with Gasteiger partial charge in [-0.1, -0.05) is 20.8 Å². The number of likely N-dealkylation sites (N-methyl/N-ethyl adjacent to an activating group) is 1. The second kappa shape index (κ2) is 8.73. The molecule has 2 fully saturated rings. The molecule has 2 unspecified atom stereocenters. The molecule has 2 aliphatic rings. The van der Waals surface area contributed by atoms with E-state index in [0.29, 0.717) is 24.0 Å². The largest absolute Gasteiger partial charge is 0.370 e. The van der Waals surface area contributed by atoms with Crippen molar-refractivity contribution in [3.05, 3.63) is 0 Å². The summed E-state index contributed by atoms with van der Waals surface area (Å²) in [6.45, 7) is 13.4. The van der Waals surface area contributed by atoms with Crippen molar-refractivity contribution in [2.75, 3.05) is 39.3 Å². The number of hydrogen-bond donors (Lipinski definition) is 2. The average molecular weight is 310 g/mol. The molecule has 3 N–H and O–H groups in total. The summed E-state index contributed by atoms with van der Waals surface area (Å²) in [5.74, 6) is 1.24. The maximum absolute atomic E-state index is 6.09. The normalized spacial score (nSPS) is 26.0. The highest BCUT2D eigenvalue weighted by molar-refractivity contribution is 5.77. The molecule has 2 aliphatic heterocycles. The van der Waals surface area contributed by atoms with Crippen LogP contribution in [0.15, 0.2) is 4.99 Å². The quantitative estimate of drug-likeness (QED) is 0.553. The fourth-order valence-corrected chi connectivity index (χ4v) is 3.83. The van der Waals surface area contributed by atoms with Crippen molar-refractivity contribution >= 4 is 5.96 Å². The highest BCUT2D eigenvalue weighted by Crippen LogP contribution is 2.18. The zero-order valence-corrected chi connectivity index (χ0v) is 14.7. The molecule has 2 rings (SSSR count). The molecule has 0 aliphatic carbocycles. The zero-order valence-electron chi connectivity index (χ0n) is 14.7. The second-order valence-corrected chi connectivity index (χ2v) is 7.09. The number of likely N-dealkylation sites (tertiary alicyclic amines) is 2. The lowest BCUT2D eigenvalue weighted by Gasteiger charge is -2.29. The van der Waals surface area contributed by atoms with Gasteiger partial charge in [0.2, 0.25) is 0 Å². The average Bonchev–Trinajstić information content (AvgIpc) is 3.16. The van der Waals surface area contributed by atoms with Gasteiger partial charge in [-0.3, -0.25) is 14.8 Å². The van der Waals surface area contributed by atoms with Gasteiger partial charge in [0.15, 0.2) is 5.96 Å². The highest BCUT2D eigenvalue weighted by atomic mass is 15.2. The molecule has 22 heavy (non-hydrogen) atoms. The number of nitrogens with two attached hydrogens (primary N) is 1. The first-order chi connectivity index (χ1) is 10.6. The van der Waals surface area contributed by atoms with Crippen molar-refractivity contribution in [1.82, 2.24) is 15.1 Å². The molecule has 0 bridgehead atoms. The summed E-state index contributed by atoms with van der Waals surface area (Å²) in [4.78, 5) is 9.74. The van der Waals surface area contributed by atoms with Gasteiger partial charge in [0.05, 0.1) is 6.54 Å². The fourth-order valence-electron chi connectivity index (χ4n) is 3.83. The molecule has 0 spiro atoms. The predicted molar refractivity (Wildman–Crippen MR) is 94.2 cm³/mol. The van der Waals surface area contributed by atoms with Gasteiger partial charge in [-0.15, -0.1) is 0 Å². The van der Waals surface area contributed by atoms with Crippen LogP contribution in [0.3, 0.4) is 0 Å². The summed E-state index contributed by atoms with van der Waals surface area (Å²) in [7, 11) is 0. The Labute approximate surface area is 136 Å². The molecule has 128 valence electrons. The Morgan fingerprint density at radius 3 is 2.59 bits per heavy atom. The van der Waals surface area contributed by atoms with Gasteiger partial charge < -0.3 is 11.1 Å². The van der Waals surface area contributed by atoms with Crippen LogP contribution in [0.4, 0.5) is 0 Å². The molecule has 2 atom stereocenters. The SMILES string of the molecule is CCN1CCCC1CNC(N)=NCC(C(C)C)N1CCCC1. The van der Waals surface area contributed by atoms with Gasteiger partial charge in [-0.2, -0.15) is 0 Å². The van der Waals surface area contributed by atoms with Crippen LogP contribution >= 0.6 is 0 Å². The maximum atomic E-state index is 6.09. The third kappa shape index (κ3) is 4.85. The summed E-state index contributed by atoms with van der Waals surface area (Å²) in [5.41, 5.74) is 6.09. The minimum absolute atomic E-state index is 0.529. The van der Waals surface area contributed by atoms with Gasteiger partial charge in [0.1, 0.15) is 0 Å². The first-order valence-electron chi connectivity index (χ1n) is 9.13. The molecule has 0 saturated carbocycles. The Kier molecular flexibility index (Phi) is 6.96. The first-order valence-corrected chi connectivity index (χ1v) is 9.13. The van der Waals surface area contributed by atoms with Crippen LogP contribution in [0.5, 0.6) is 0 Å². The molecule has 0 aromatic carbocycles. The van der Waals surface area contributed by atoms with Crippen LogP contribution in [0, 0.1) is 5.92 Å². The number of nitrogens with one attached hydrogen (secondary N) is 1. The lowest BCUT2D eigenvalue weighted by molar-refractivity contribution is 0.197. The molecule has 0 amide bonds. The Bertz CT molecular complexity index is 349. The van der Waals surface area contributed by atoms with E-state index in [4.69, 9.17) is 5.73 Å². The fraction of sp³-hybridized carbons (Fsp3) is 0.941. The van der Waals surface area contributed by atoms with Crippen LogP contribution in [-0.2, 0) is 0 Å². The molecule has 5 heteroatoms. The highest BCUT2D eigenvalue weighted by Gasteiger charge is 2.25. The van der Waals surface area contributed by atoms with E-state index < -0.39 is 0 Å². The van der Waals surface area contributed by atoms with E-state index in [0.717, 1.165) is 19.6 Å². The van der Waals surface area contributed by atoms with Crippen molar-refractivity contribution in [3.8, 4) is 0 Å². The van der Waals surface area contributed by atoms with Gasteiger partial charge in [0.25, 0.3) is 0 Å². The number of guanidine groups is 1. The number of aliphatic imine (C=N–C) groups is 1. The minimum Gasteiger partial charge on any atom is -0.370 e. The van der Waals surface area contributed by atoms with Crippen LogP contribution in [-0.4, -0.2) is 67.1 Å². The standard InChI is InChI=1S/C17H35N5/c1-4-21-11-7-8-15(21)12-19-17(18)20-13-16(14(2)3)22-9-5-6-10-22/h14-16H,4-13H2,1-3H3,(H3,18,19,20). The molecule has 0 aromatic rings. The van der Waals surface area contributed by atoms with Gasteiger partial charge in [-0.25, -0.2) is 0 Å². The monoisotopic (exact) mass is 309 g/mol. The minimum atomic E-state index is 0.529. The summed E-state index contributed by atoms with van der Waals surface area (Å²) in [6, 6.07) is 1.15. The van der Waals surface area contributed by atoms with Crippen LogP contribution in [0.2, 0.25) is 0 Å². The van der Waals surface area contributed by atoms with E-state index in [2.05, 4.69) is 40.9 Å². The van der Waals surface area contributed by atoms with Gasteiger partial charge in [0, 0.05) is 18.6 Å². The summed E-state index contributed by atoms with van der Waals surface area (Å²) >= 11 is 0. The molecule has 0 radical (unpaired) electrons. The van der Waals surface area contributed by atoms with Crippen molar-refractivity contribution in [2.24, 2.45) is 16.6 Å². The van der Waals surface area contributed by atoms with Crippen LogP contribution < -0.4 is 11.1 Å². The van der Waals surface area contributed by atoms with Crippen molar-refractivity contribution < 1.29 is 0 Å². The Morgan fingerprint density at radius 1 is 1.23 bits per heavy atom. The van der Waals surface area contributed by atoms with Crippen LogP contribution in [0.1, 0.15) is 46.5 Å². The number of nitrogens with zero attached hydrogens (tertiary/aromatic N) is 3. The molecular weight excluding hydrogens is 274 g/mol. The molecular formula is C17H35N5. The summed E-state index contributed by atoms with van der Waals surface area (Å²) in [6.07, 6.45) is 5.24. The van der Waals surface area contributed by atoms with Crippen molar-refractivity contribution in [2.45, 2.75) is 58.5 Å².